The molecule has 6 amide bonds. The Morgan fingerprint density at radius 2 is 0.568 bits per heavy atom. The van der Waals surface area contributed by atoms with E-state index in [1.54, 1.807) is 56.2 Å². The van der Waals surface area contributed by atoms with E-state index in [-0.39, 0.29) is 53.8 Å². The third-order valence-corrected chi connectivity index (χ3v) is 25.0. The first-order valence-electron chi connectivity index (χ1n) is 37.4. The Balaban J connectivity index is 0.000000177. The van der Waals surface area contributed by atoms with Gasteiger partial charge in [-0.25, -0.2) is 25.3 Å². The normalized spacial score (nSPS) is 17.9. The number of nitrogens with one attached hydrogen (secondary N) is 3. The van der Waals surface area contributed by atoms with E-state index in [0.29, 0.717) is 117 Å². The number of amides is 6. The highest BCUT2D eigenvalue weighted by Crippen LogP contribution is 2.51. The molecule has 12 rings (SSSR count). The number of nitrogens with zero attached hydrogens (tertiary/aromatic N) is 6. The lowest BCUT2D eigenvalue weighted by Gasteiger charge is -2.41. The number of anilines is 3. The summed E-state index contributed by atoms with van der Waals surface area (Å²) in [4.78, 5) is 83.8. The smallest absolute Gasteiger partial charge is 0.247 e. The third kappa shape index (κ3) is 20.7. The second-order valence-corrected chi connectivity index (χ2v) is 37.6. The summed E-state index contributed by atoms with van der Waals surface area (Å²) in [7, 11) is -10.3. The van der Waals surface area contributed by atoms with Crippen LogP contribution < -0.4 is 46.1 Å². The lowest BCUT2D eigenvalue weighted by atomic mass is 9.74. The van der Waals surface area contributed by atoms with Gasteiger partial charge >= 0.3 is 0 Å². The van der Waals surface area contributed by atoms with E-state index in [1.165, 1.54) is 31.7 Å². The second-order valence-electron chi connectivity index (χ2n) is 31.9. The zero-order valence-corrected chi connectivity index (χ0v) is 67.4. The van der Waals surface area contributed by atoms with E-state index in [0.717, 1.165) is 50.4 Å². The average Bonchev–Trinajstić information content (AvgIpc) is 1.60. The molecule has 27 nitrogen and oxygen atoms in total. The second kappa shape index (κ2) is 34.6. The molecule has 111 heavy (non-hydrogen) atoms. The van der Waals surface area contributed by atoms with Gasteiger partial charge in [-0.05, 0) is 132 Å². The lowest BCUT2D eigenvalue weighted by molar-refractivity contribution is -0.140. The molecule has 6 aliphatic rings. The number of fused-ring (bicyclic) bond motifs is 6. The average molecular weight is 1590 g/mol. The molecule has 3 saturated heterocycles. The highest BCUT2D eigenvalue weighted by atomic mass is 32.2. The Hall–Kier alpha value is -8.85. The highest BCUT2D eigenvalue weighted by molar-refractivity contribution is 7.92. The summed E-state index contributed by atoms with van der Waals surface area (Å²) in [5.74, 6) is -1.99. The molecule has 9 N–H and O–H groups in total. The molecule has 30 heteroatoms. The molecule has 3 atom stereocenters. The fraction of sp³-hybridized carbons (Fsp3) is 0.481. The van der Waals surface area contributed by atoms with Crippen molar-refractivity contribution < 1.29 is 68.2 Å². The van der Waals surface area contributed by atoms with Crippen molar-refractivity contribution in [1.29, 1.82) is 0 Å². The first-order valence-corrected chi connectivity index (χ1v) is 43.0. The Bertz CT molecular complexity index is 4170. The van der Waals surface area contributed by atoms with Crippen LogP contribution in [0.3, 0.4) is 0 Å². The minimum Gasteiger partial charge on any atom is -0.374 e. The molecular weight excluding hydrogens is 1480 g/mol. The van der Waals surface area contributed by atoms with Crippen molar-refractivity contribution in [2.75, 3.05) is 110 Å². The van der Waals surface area contributed by atoms with Gasteiger partial charge in [-0.1, -0.05) is 146 Å². The molecule has 6 aliphatic heterocycles. The predicted molar refractivity (Wildman–Crippen MR) is 427 cm³/mol. The monoisotopic (exact) mass is 1580 g/mol. The molecule has 0 saturated carbocycles. The molecule has 3 fully saturated rings. The van der Waals surface area contributed by atoms with Crippen LogP contribution in [0.2, 0.25) is 0 Å². The summed E-state index contributed by atoms with van der Waals surface area (Å²) in [5.41, 5.74) is 21.5. The maximum absolute atomic E-state index is 13.6. The number of hydrogen-bond acceptors (Lipinski definition) is 18. The lowest BCUT2D eigenvalue weighted by Crippen LogP contribution is -2.59. The zero-order chi connectivity index (χ0) is 80.5. The van der Waals surface area contributed by atoms with Gasteiger partial charge < -0.3 is 62.1 Å². The van der Waals surface area contributed by atoms with E-state index in [2.05, 4.69) is 16.0 Å². The van der Waals surface area contributed by atoms with Crippen molar-refractivity contribution in [3.8, 4) is 0 Å². The van der Waals surface area contributed by atoms with Gasteiger partial charge in [0.05, 0.1) is 92.1 Å². The first-order chi connectivity index (χ1) is 52.2. The van der Waals surface area contributed by atoms with Crippen LogP contribution in [0, 0.1) is 0 Å². The molecule has 3 spiro atoms. The fourth-order valence-electron chi connectivity index (χ4n) is 15.2. The topological polar surface area (TPSA) is 366 Å². The number of para-hydroxylation sites is 3. The number of sulfonamides is 3. The van der Waals surface area contributed by atoms with Gasteiger partial charge in [0.2, 0.25) is 65.5 Å². The summed E-state index contributed by atoms with van der Waals surface area (Å²) < 4.78 is 96.7. The third-order valence-electron chi connectivity index (χ3n) is 21.6. The van der Waals surface area contributed by atoms with E-state index < -0.39 is 82.5 Å². The van der Waals surface area contributed by atoms with Crippen molar-refractivity contribution in [2.45, 2.75) is 151 Å². The number of carbonyl (C=O) groups excluding carboxylic acids is 6. The van der Waals surface area contributed by atoms with Crippen molar-refractivity contribution in [2.24, 2.45) is 17.2 Å². The fourth-order valence-corrected chi connectivity index (χ4v) is 18.2. The highest BCUT2D eigenvalue weighted by Gasteiger charge is 2.52. The minimum atomic E-state index is -3.42. The maximum Gasteiger partial charge on any atom is 0.247 e. The van der Waals surface area contributed by atoms with E-state index in [1.807, 2.05) is 164 Å². The molecular formula is C81H108N12O15S3. The summed E-state index contributed by atoms with van der Waals surface area (Å²) in [5, 5.41) is 8.33. The molecule has 0 aromatic heterocycles. The van der Waals surface area contributed by atoms with Gasteiger partial charge in [-0.2, -0.15) is 0 Å². The van der Waals surface area contributed by atoms with Crippen LogP contribution in [0.25, 0.3) is 0 Å². The Labute approximate surface area is 653 Å². The van der Waals surface area contributed by atoms with Crippen LogP contribution in [-0.2, 0) is 109 Å². The Morgan fingerprint density at radius 3 is 0.775 bits per heavy atom. The standard InChI is InChI=1S/3C27H36N4O5S/c3*1-26(2,28)25(33)29-22(18-36-17-20-9-5-4-6-10-20)24(32)30-15-13-27(14-16-30)19-31(37(3,34)35)23-12-8-7-11-21(23)27/h3*4-12,22H,13-19,28H2,1-3H3,(H,29,33)/t3*22-/m111/s1. The molecule has 0 bridgehead atoms. The van der Waals surface area contributed by atoms with Crippen molar-refractivity contribution in [3.63, 3.8) is 0 Å². The van der Waals surface area contributed by atoms with Crippen LogP contribution in [0.4, 0.5) is 17.1 Å². The van der Waals surface area contributed by atoms with Gasteiger partial charge in [0.25, 0.3) is 0 Å². The van der Waals surface area contributed by atoms with Gasteiger partial charge in [0, 0.05) is 75.1 Å². The quantitative estimate of drug-likeness (QED) is 0.0448. The van der Waals surface area contributed by atoms with Crippen LogP contribution in [0.5, 0.6) is 0 Å². The van der Waals surface area contributed by atoms with Gasteiger partial charge in [-0.3, -0.25) is 41.7 Å². The number of piperidine rings is 3. The molecule has 0 radical (unpaired) electrons. The zero-order valence-electron chi connectivity index (χ0n) is 64.9. The predicted octanol–water partition coefficient (Wildman–Crippen LogP) is 5.30. The Kier molecular flexibility index (Phi) is 26.4. The van der Waals surface area contributed by atoms with Crippen LogP contribution >= 0.6 is 0 Å². The summed E-state index contributed by atoms with van der Waals surface area (Å²) >= 11 is 0. The number of carbonyl (C=O) groups is 6. The van der Waals surface area contributed by atoms with Gasteiger partial charge in [0.15, 0.2) is 0 Å². The molecule has 6 aromatic rings. The number of likely N-dealkylation sites (tertiary alicyclic amines) is 3. The molecule has 6 heterocycles. The molecule has 600 valence electrons. The summed E-state index contributed by atoms with van der Waals surface area (Å²) in [6.07, 6.45) is 7.40. The van der Waals surface area contributed by atoms with Crippen molar-refractivity contribution >= 4 is 82.6 Å². The molecule has 0 aliphatic carbocycles. The van der Waals surface area contributed by atoms with Crippen LogP contribution in [0.15, 0.2) is 164 Å². The van der Waals surface area contributed by atoms with Crippen molar-refractivity contribution in [3.05, 3.63) is 197 Å². The SMILES string of the molecule is CC(C)(N)C(=O)N[C@H](COCc1ccccc1)C(=O)N1CCC2(CC1)CN(S(C)(=O)=O)c1ccccc12.CC(C)(N)C(=O)N[C@H](COCc1ccccc1)C(=O)N1CCC2(CC1)CN(S(C)(=O)=O)c1ccccc12.CC(C)(N)C(=O)N[C@H](COCc1ccccc1)C(=O)N1CCC2(CC1)CN(S(C)(=O)=O)c1ccccc12. The molecule has 0 unspecified atom stereocenters. The van der Waals surface area contributed by atoms with Crippen molar-refractivity contribution in [1.82, 2.24) is 30.7 Å². The van der Waals surface area contributed by atoms with Crippen LogP contribution in [-0.4, -0.2) is 208 Å². The number of nitrogens with two attached hydrogens (primary N) is 3. The maximum atomic E-state index is 13.6. The first kappa shape index (κ1) is 84.6. The molecule has 6 aromatic carbocycles. The van der Waals surface area contributed by atoms with Gasteiger partial charge in [-0.15, -0.1) is 0 Å². The Morgan fingerprint density at radius 1 is 0.360 bits per heavy atom. The van der Waals surface area contributed by atoms with Crippen LogP contribution in [0.1, 0.15) is 113 Å². The number of benzene rings is 6. The largest absolute Gasteiger partial charge is 0.374 e. The van der Waals surface area contributed by atoms with E-state index in [4.69, 9.17) is 31.4 Å². The minimum absolute atomic E-state index is 0.0158. The van der Waals surface area contributed by atoms with E-state index >= 15 is 0 Å². The number of ether oxygens (including phenoxy) is 3. The number of rotatable bonds is 24. The number of hydrogen-bond donors (Lipinski definition) is 6. The van der Waals surface area contributed by atoms with E-state index in [9.17, 15) is 54.0 Å². The van der Waals surface area contributed by atoms with Gasteiger partial charge in [0.1, 0.15) is 18.1 Å². The summed E-state index contributed by atoms with van der Waals surface area (Å²) in [6, 6.07) is 49.0. The summed E-state index contributed by atoms with van der Waals surface area (Å²) in [6.45, 7) is 14.3.